The molecule has 0 heterocycles. The molecule has 110 valence electrons. The van der Waals surface area contributed by atoms with Crippen molar-refractivity contribution in [1.29, 1.82) is 0 Å². The fourth-order valence-electron chi connectivity index (χ4n) is 2.51. The van der Waals surface area contributed by atoms with Crippen LogP contribution in [0.4, 0.5) is 5.69 Å². The number of carbonyl (C=O) groups excluding carboxylic acids is 1. The predicted molar refractivity (Wildman–Crippen MR) is 79.5 cm³/mol. The van der Waals surface area contributed by atoms with E-state index in [0.717, 1.165) is 24.1 Å². The lowest BCUT2D eigenvalue weighted by atomic mass is 10.1. The summed E-state index contributed by atoms with van der Waals surface area (Å²) in [5, 5.41) is 2.87. The van der Waals surface area contributed by atoms with E-state index in [1.807, 2.05) is 13.0 Å². The van der Waals surface area contributed by atoms with Gasteiger partial charge in [-0.15, -0.1) is 0 Å². The minimum absolute atomic E-state index is 0.0771. The summed E-state index contributed by atoms with van der Waals surface area (Å²) in [5.74, 6) is 5.29. The van der Waals surface area contributed by atoms with Gasteiger partial charge < -0.3 is 15.5 Å². The second-order valence-corrected chi connectivity index (χ2v) is 5.21. The van der Waals surface area contributed by atoms with Gasteiger partial charge in [-0.3, -0.25) is 10.6 Å². The average molecular weight is 277 g/mol. The van der Waals surface area contributed by atoms with E-state index in [1.165, 1.54) is 12.8 Å². The summed E-state index contributed by atoms with van der Waals surface area (Å²) in [6, 6.07) is 5.39. The number of amides is 1. The first kappa shape index (κ1) is 14.8. The lowest BCUT2D eigenvalue weighted by Gasteiger charge is -2.12. The van der Waals surface area contributed by atoms with Crippen LogP contribution in [0.5, 0.6) is 0 Å². The van der Waals surface area contributed by atoms with Crippen LogP contribution in [0.3, 0.4) is 0 Å². The van der Waals surface area contributed by atoms with Crippen molar-refractivity contribution >= 4 is 11.6 Å². The number of aryl methyl sites for hydroxylation is 1. The summed E-state index contributed by atoms with van der Waals surface area (Å²) in [6.07, 6.45) is 5.22. The number of hydrazine groups is 1. The van der Waals surface area contributed by atoms with Crippen molar-refractivity contribution < 1.29 is 9.53 Å². The van der Waals surface area contributed by atoms with Gasteiger partial charge in [0.1, 0.15) is 0 Å². The molecule has 1 saturated carbocycles. The molecule has 1 aliphatic carbocycles. The summed E-state index contributed by atoms with van der Waals surface area (Å²) in [5.41, 5.74) is 5.01. The second kappa shape index (κ2) is 7.26. The van der Waals surface area contributed by atoms with E-state index in [9.17, 15) is 4.79 Å². The molecule has 0 bridgehead atoms. The number of anilines is 1. The van der Waals surface area contributed by atoms with Gasteiger partial charge in [-0.25, -0.2) is 0 Å². The third kappa shape index (κ3) is 3.95. The van der Waals surface area contributed by atoms with Crippen molar-refractivity contribution in [3.05, 3.63) is 29.3 Å². The van der Waals surface area contributed by atoms with Gasteiger partial charge in [0.2, 0.25) is 0 Å². The first-order valence-corrected chi connectivity index (χ1v) is 7.18. The molecule has 0 unspecified atom stereocenters. The average Bonchev–Trinajstić information content (AvgIpc) is 2.96. The zero-order valence-corrected chi connectivity index (χ0v) is 11.9. The number of benzene rings is 1. The molecule has 1 amide bonds. The van der Waals surface area contributed by atoms with Crippen molar-refractivity contribution in [3.8, 4) is 0 Å². The second-order valence-electron chi connectivity index (χ2n) is 5.21. The molecule has 2 rings (SSSR count). The van der Waals surface area contributed by atoms with E-state index in [0.29, 0.717) is 24.8 Å². The standard InChI is InChI=1S/C15H23N3O2/c1-11-10-12(6-7-14(11)18-16)15(19)17-8-9-20-13-4-2-3-5-13/h6-7,10,13,18H,2-5,8-9,16H2,1H3,(H,17,19). The minimum atomic E-state index is -0.0771. The molecule has 1 aromatic rings. The summed E-state index contributed by atoms with van der Waals surface area (Å²) < 4.78 is 5.71. The zero-order valence-electron chi connectivity index (χ0n) is 11.9. The van der Waals surface area contributed by atoms with Crippen LogP contribution in [0.2, 0.25) is 0 Å². The molecule has 0 radical (unpaired) electrons. The normalized spacial score (nSPS) is 15.3. The van der Waals surface area contributed by atoms with E-state index in [4.69, 9.17) is 10.6 Å². The molecular formula is C15H23N3O2. The highest BCUT2D eigenvalue weighted by Crippen LogP contribution is 2.20. The highest BCUT2D eigenvalue weighted by Gasteiger charge is 2.15. The van der Waals surface area contributed by atoms with Crippen molar-refractivity contribution in [1.82, 2.24) is 5.32 Å². The largest absolute Gasteiger partial charge is 0.376 e. The first-order chi connectivity index (χ1) is 9.70. The smallest absolute Gasteiger partial charge is 0.251 e. The molecule has 1 aromatic carbocycles. The maximum absolute atomic E-state index is 12.0. The number of hydrogen-bond acceptors (Lipinski definition) is 4. The summed E-state index contributed by atoms with van der Waals surface area (Å²) in [7, 11) is 0. The summed E-state index contributed by atoms with van der Waals surface area (Å²) >= 11 is 0. The topological polar surface area (TPSA) is 76.4 Å². The SMILES string of the molecule is Cc1cc(C(=O)NCCOC2CCCC2)ccc1NN. The van der Waals surface area contributed by atoms with Crippen LogP contribution >= 0.6 is 0 Å². The van der Waals surface area contributed by atoms with Crippen LogP contribution in [0.15, 0.2) is 18.2 Å². The fourth-order valence-corrected chi connectivity index (χ4v) is 2.51. The third-order valence-electron chi connectivity index (χ3n) is 3.69. The Morgan fingerprint density at radius 3 is 2.80 bits per heavy atom. The quantitative estimate of drug-likeness (QED) is 0.422. The van der Waals surface area contributed by atoms with Gasteiger partial charge in [-0.05, 0) is 43.5 Å². The number of nitrogen functional groups attached to an aromatic ring is 1. The van der Waals surface area contributed by atoms with E-state index < -0.39 is 0 Å². The fraction of sp³-hybridized carbons (Fsp3) is 0.533. The zero-order chi connectivity index (χ0) is 14.4. The molecule has 4 N–H and O–H groups in total. The Hall–Kier alpha value is -1.59. The maximum Gasteiger partial charge on any atom is 0.251 e. The molecule has 1 fully saturated rings. The van der Waals surface area contributed by atoms with Gasteiger partial charge in [-0.2, -0.15) is 0 Å². The molecule has 0 atom stereocenters. The Morgan fingerprint density at radius 1 is 1.40 bits per heavy atom. The lowest BCUT2D eigenvalue weighted by molar-refractivity contribution is 0.0582. The van der Waals surface area contributed by atoms with Crippen molar-refractivity contribution in [2.45, 2.75) is 38.7 Å². The summed E-state index contributed by atoms with van der Waals surface area (Å²) in [4.78, 5) is 12.0. The molecule has 0 aliphatic heterocycles. The Bertz CT molecular complexity index is 456. The molecule has 1 aliphatic rings. The molecular weight excluding hydrogens is 254 g/mol. The van der Waals surface area contributed by atoms with Gasteiger partial charge >= 0.3 is 0 Å². The van der Waals surface area contributed by atoms with E-state index in [1.54, 1.807) is 12.1 Å². The molecule has 0 spiro atoms. The Morgan fingerprint density at radius 2 is 2.15 bits per heavy atom. The number of ether oxygens (including phenoxy) is 1. The van der Waals surface area contributed by atoms with Crippen molar-refractivity contribution in [2.75, 3.05) is 18.6 Å². The Balaban J connectivity index is 1.75. The number of nitrogens with one attached hydrogen (secondary N) is 2. The third-order valence-corrected chi connectivity index (χ3v) is 3.69. The van der Waals surface area contributed by atoms with Crippen LogP contribution in [-0.2, 0) is 4.74 Å². The van der Waals surface area contributed by atoms with Crippen LogP contribution < -0.4 is 16.6 Å². The highest BCUT2D eigenvalue weighted by molar-refractivity contribution is 5.94. The monoisotopic (exact) mass is 277 g/mol. The van der Waals surface area contributed by atoms with Crippen molar-refractivity contribution in [2.24, 2.45) is 5.84 Å². The molecule has 5 nitrogen and oxygen atoms in total. The molecule has 20 heavy (non-hydrogen) atoms. The number of nitrogens with two attached hydrogens (primary N) is 1. The van der Waals surface area contributed by atoms with Crippen LogP contribution in [-0.4, -0.2) is 25.2 Å². The molecule has 5 heteroatoms. The first-order valence-electron chi connectivity index (χ1n) is 7.18. The Kier molecular flexibility index (Phi) is 5.38. The van der Waals surface area contributed by atoms with Gasteiger partial charge in [0.05, 0.1) is 18.4 Å². The summed E-state index contributed by atoms with van der Waals surface area (Å²) in [6.45, 7) is 3.04. The lowest BCUT2D eigenvalue weighted by Crippen LogP contribution is -2.28. The van der Waals surface area contributed by atoms with Crippen LogP contribution in [0.25, 0.3) is 0 Å². The van der Waals surface area contributed by atoms with Gasteiger partial charge in [0.15, 0.2) is 0 Å². The minimum Gasteiger partial charge on any atom is -0.376 e. The molecule has 0 aromatic heterocycles. The van der Waals surface area contributed by atoms with Gasteiger partial charge in [-0.1, -0.05) is 12.8 Å². The number of hydrogen-bond donors (Lipinski definition) is 3. The van der Waals surface area contributed by atoms with Crippen LogP contribution in [0, 0.1) is 6.92 Å². The predicted octanol–water partition coefficient (Wildman–Crippen LogP) is 1.97. The van der Waals surface area contributed by atoms with E-state index >= 15 is 0 Å². The van der Waals surface area contributed by atoms with Crippen molar-refractivity contribution in [3.63, 3.8) is 0 Å². The maximum atomic E-state index is 12.0. The number of rotatable bonds is 6. The van der Waals surface area contributed by atoms with E-state index in [2.05, 4.69) is 10.7 Å². The number of carbonyl (C=O) groups is 1. The highest BCUT2D eigenvalue weighted by atomic mass is 16.5. The van der Waals surface area contributed by atoms with E-state index in [-0.39, 0.29) is 5.91 Å². The van der Waals surface area contributed by atoms with Gasteiger partial charge in [0.25, 0.3) is 5.91 Å². The van der Waals surface area contributed by atoms with Gasteiger partial charge in [0, 0.05) is 12.1 Å². The van der Waals surface area contributed by atoms with Crippen LogP contribution in [0.1, 0.15) is 41.6 Å². The Labute approximate surface area is 119 Å². The molecule has 0 saturated heterocycles.